The molecule has 0 bridgehead atoms. The van der Waals surface area contributed by atoms with Gasteiger partial charge < -0.3 is 20.4 Å². The molecule has 1 unspecified atom stereocenters. The highest BCUT2D eigenvalue weighted by Gasteiger charge is 2.10. The van der Waals surface area contributed by atoms with E-state index in [4.69, 9.17) is 25.2 Å². The molecule has 0 aliphatic carbocycles. The molecule has 0 rings (SSSR count). The average molecular weight is 194 g/mol. The summed E-state index contributed by atoms with van der Waals surface area (Å²) in [5.74, 6) is -1.12. The number of aliphatic carboxylic acids is 1. The highest BCUT2D eigenvalue weighted by molar-refractivity contribution is 5.71. The van der Waals surface area contributed by atoms with Crippen molar-refractivity contribution in [2.24, 2.45) is 0 Å². The molecule has 4 N–H and O–H groups in total. The third kappa shape index (κ3) is 18.0. The molecule has 6 heteroatoms. The van der Waals surface area contributed by atoms with Crippen molar-refractivity contribution in [3.05, 3.63) is 0 Å². The first-order valence-electron chi connectivity index (χ1n) is 3.74. The summed E-state index contributed by atoms with van der Waals surface area (Å²) in [5.41, 5.74) is 0. The van der Waals surface area contributed by atoms with E-state index < -0.39 is 18.2 Å². The molecule has 13 heavy (non-hydrogen) atoms. The average Bonchev–Trinajstić information content (AvgIpc) is 1.98. The van der Waals surface area contributed by atoms with Crippen molar-refractivity contribution in [2.75, 3.05) is 0 Å². The fourth-order valence-corrected chi connectivity index (χ4v) is 0.521. The number of aliphatic hydroxyl groups is 1. The lowest BCUT2D eigenvalue weighted by Gasteiger charge is -2.01. The summed E-state index contributed by atoms with van der Waals surface area (Å²) in [4.78, 5) is 18.5. The van der Waals surface area contributed by atoms with Gasteiger partial charge in [-0.2, -0.15) is 0 Å². The van der Waals surface area contributed by atoms with Crippen molar-refractivity contribution >= 4 is 12.1 Å². The van der Waals surface area contributed by atoms with Crippen LogP contribution in [-0.2, 0) is 4.79 Å². The number of rotatable bonds is 4. The van der Waals surface area contributed by atoms with Gasteiger partial charge in [-0.1, -0.05) is 19.8 Å². The van der Waals surface area contributed by atoms with E-state index in [1.807, 2.05) is 6.92 Å². The van der Waals surface area contributed by atoms with E-state index in [0.717, 1.165) is 12.8 Å². The van der Waals surface area contributed by atoms with E-state index >= 15 is 0 Å². The molecule has 0 aliphatic heterocycles. The van der Waals surface area contributed by atoms with Crippen LogP contribution in [0.2, 0.25) is 0 Å². The zero-order chi connectivity index (χ0) is 10.9. The van der Waals surface area contributed by atoms with Crippen LogP contribution in [-0.4, -0.2) is 38.7 Å². The maximum absolute atomic E-state index is 9.96. The Hall–Kier alpha value is -1.30. The molecule has 0 spiro atoms. The van der Waals surface area contributed by atoms with Crippen LogP contribution in [0, 0.1) is 0 Å². The van der Waals surface area contributed by atoms with Gasteiger partial charge in [-0.05, 0) is 6.42 Å². The fraction of sp³-hybridized carbons (Fsp3) is 0.714. The van der Waals surface area contributed by atoms with Crippen LogP contribution in [0.15, 0.2) is 0 Å². The predicted octanol–water partition coefficient (Wildman–Crippen LogP) is 0.845. The number of hydrogen-bond donors (Lipinski definition) is 4. The number of carbonyl (C=O) groups is 2. The van der Waals surface area contributed by atoms with Crippen molar-refractivity contribution in [3.8, 4) is 0 Å². The number of carboxylic acid groups (broad SMARTS) is 3. The molecule has 1 atom stereocenters. The summed E-state index contributed by atoms with van der Waals surface area (Å²) in [6.07, 6.45) is -0.936. The maximum atomic E-state index is 9.96. The van der Waals surface area contributed by atoms with E-state index in [1.54, 1.807) is 0 Å². The standard InChI is InChI=1S/C6H12O3.CH2O3/c1-2-3-4-5(7)6(8)9;2-1(3)4/h5,7H,2-4H2,1H3,(H,8,9);(H2,2,3,4). The summed E-state index contributed by atoms with van der Waals surface area (Å²) in [7, 11) is 0. The number of unbranched alkanes of at least 4 members (excludes halogenated alkanes) is 1. The second-order valence-corrected chi connectivity index (χ2v) is 2.28. The first-order valence-corrected chi connectivity index (χ1v) is 3.74. The number of carboxylic acids is 1. The third-order valence-electron chi connectivity index (χ3n) is 1.12. The zero-order valence-corrected chi connectivity index (χ0v) is 7.30. The molecular formula is C7H14O6. The molecule has 0 aromatic rings. The first kappa shape index (κ1) is 14.2. The molecule has 0 aromatic carbocycles. The lowest BCUT2D eigenvalue weighted by Crippen LogP contribution is -2.18. The number of aliphatic hydroxyl groups excluding tert-OH is 1. The minimum Gasteiger partial charge on any atom is -0.479 e. The third-order valence-corrected chi connectivity index (χ3v) is 1.12. The molecule has 0 aromatic heterocycles. The quantitative estimate of drug-likeness (QED) is 0.527. The molecule has 78 valence electrons. The molecule has 0 heterocycles. The second kappa shape index (κ2) is 8.79. The minimum absolute atomic E-state index is 0.367. The summed E-state index contributed by atoms with van der Waals surface area (Å²) in [5, 5.41) is 30.8. The molecule has 0 amide bonds. The van der Waals surface area contributed by atoms with Gasteiger partial charge in [0, 0.05) is 0 Å². The summed E-state index contributed by atoms with van der Waals surface area (Å²) in [6, 6.07) is 0. The highest BCUT2D eigenvalue weighted by Crippen LogP contribution is 1.99. The Morgan fingerprint density at radius 2 is 1.62 bits per heavy atom. The SMILES string of the molecule is CCCCC(O)C(=O)O.O=C(O)O. The normalized spacial score (nSPS) is 10.9. The largest absolute Gasteiger partial charge is 0.503 e. The van der Waals surface area contributed by atoms with Gasteiger partial charge in [-0.3, -0.25) is 0 Å². The van der Waals surface area contributed by atoms with Crippen LogP contribution in [0.3, 0.4) is 0 Å². The first-order chi connectivity index (χ1) is 5.91. The van der Waals surface area contributed by atoms with Crippen LogP contribution in [0.25, 0.3) is 0 Å². The topological polar surface area (TPSA) is 115 Å². The Morgan fingerprint density at radius 1 is 1.23 bits per heavy atom. The van der Waals surface area contributed by atoms with Gasteiger partial charge in [-0.25, -0.2) is 9.59 Å². The van der Waals surface area contributed by atoms with Gasteiger partial charge >= 0.3 is 12.1 Å². The fourth-order valence-electron chi connectivity index (χ4n) is 0.521. The van der Waals surface area contributed by atoms with Crippen LogP contribution >= 0.6 is 0 Å². The van der Waals surface area contributed by atoms with Gasteiger partial charge in [0.1, 0.15) is 0 Å². The Labute approximate surface area is 75.4 Å². The van der Waals surface area contributed by atoms with E-state index in [-0.39, 0.29) is 0 Å². The summed E-state index contributed by atoms with van der Waals surface area (Å²) < 4.78 is 0. The van der Waals surface area contributed by atoms with Crippen molar-refractivity contribution < 1.29 is 30.0 Å². The highest BCUT2D eigenvalue weighted by atomic mass is 16.6. The van der Waals surface area contributed by atoms with E-state index in [0.29, 0.717) is 6.42 Å². The number of hydrogen-bond acceptors (Lipinski definition) is 3. The lowest BCUT2D eigenvalue weighted by atomic mass is 10.2. The molecule has 0 radical (unpaired) electrons. The van der Waals surface area contributed by atoms with Gasteiger partial charge in [0.05, 0.1) is 0 Å². The Bertz CT molecular complexity index is 151. The Balaban J connectivity index is 0. The van der Waals surface area contributed by atoms with Gasteiger partial charge in [0.15, 0.2) is 6.10 Å². The lowest BCUT2D eigenvalue weighted by molar-refractivity contribution is -0.146. The maximum Gasteiger partial charge on any atom is 0.503 e. The molecule has 0 fully saturated rings. The summed E-state index contributed by atoms with van der Waals surface area (Å²) in [6.45, 7) is 1.95. The Morgan fingerprint density at radius 3 is 1.85 bits per heavy atom. The molecule has 0 aliphatic rings. The molecule has 0 saturated heterocycles. The van der Waals surface area contributed by atoms with Crippen LogP contribution in [0.1, 0.15) is 26.2 Å². The predicted molar refractivity (Wildman–Crippen MR) is 43.8 cm³/mol. The van der Waals surface area contributed by atoms with Crippen LogP contribution in [0.4, 0.5) is 4.79 Å². The van der Waals surface area contributed by atoms with Crippen molar-refractivity contribution in [2.45, 2.75) is 32.3 Å². The van der Waals surface area contributed by atoms with Crippen molar-refractivity contribution in [3.63, 3.8) is 0 Å². The van der Waals surface area contributed by atoms with E-state index in [2.05, 4.69) is 0 Å². The van der Waals surface area contributed by atoms with Crippen molar-refractivity contribution in [1.29, 1.82) is 0 Å². The molecular weight excluding hydrogens is 180 g/mol. The Kier molecular flexibility index (Phi) is 9.63. The van der Waals surface area contributed by atoms with Gasteiger partial charge in [0.2, 0.25) is 0 Å². The van der Waals surface area contributed by atoms with Crippen LogP contribution < -0.4 is 0 Å². The minimum atomic E-state index is -1.83. The summed E-state index contributed by atoms with van der Waals surface area (Å²) >= 11 is 0. The van der Waals surface area contributed by atoms with Gasteiger partial charge in [-0.15, -0.1) is 0 Å². The molecule has 6 nitrogen and oxygen atoms in total. The molecule has 0 saturated carbocycles. The van der Waals surface area contributed by atoms with Crippen molar-refractivity contribution in [1.82, 2.24) is 0 Å². The van der Waals surface area contributed by atoms with E-state index in [9.17, 15) is 4.79 Å². The second-order valence-electron chi connectivity index (χ2n) is 2.28. The zero-order valence-electron chi connectivity index (χ0n) is 7.30. The van der Waals surface area contributed by atoms with Crippen LogP contribution in [0.5, 0.6) is 0 Å². The smallest absolute Gasteiger partial charge is 0.479 e. The monoisotopic (exact) mass is 194 g/mol. The van der Waals surface area contributed by atoms with E-state index in [1.165, 1.54) is 0 Å². The van der Waals surface area contributed by atoms with Gasteiger partial charge in [0.25, 0.3) is 0 Å².